The fraction of sp³-hybridized carbons (Fsp3) is 0.250. The first-order valence-corrected chi connectivity index (χ1v) is 3.46. The van der Waals surface area contributed by atoms with Gasteiger partial charge in [-0.2, -0.15) is 0 Å². The van der Waals surface area contributed by atoms with E-state index < -0.39 is 0 Å². The summed E-state index contributed by atoms with van der Waals surface area (Å²) in [5.74, 6) is 1.56. The first-order chi connectivity index (χ1) is 5.27. The maximum Gasteiger partial charge on any atom is 0.160 e. The van der Waals surface area contributed by atoms with Crippen LogP contribution in [0, 0.1) is 0 Å². The summed E-state index contributed by atoms with van der Waals surface area (Å²) >= 11 is 0. The highest BCUT2D eigenvalue weighted by atomic mass is 16.5. The van der Waals surface area contributed by atoms with E-state index in [0.29, 0.717) is 0 Å². The van der Waals surface area contributed by atoms with Gasteiger partial charge < -0.3 is 9.47 Å². The molecule has 1 rings (SSSR count). The zero-order valence-electron chi connectivity index (χ0n) is 7.05. The molecule has 0 aliphatic rings. The van der Waals surface area contributed by atoms with Gasteiger partial charge in [-0.1, -0.05) is 11.5 Å². The predicted molar refractivity (Wildman–Crippen MR) is 47.7 cm³/mol. The van der Waals surface area contributed by atoms with Crippen molar-refractivity contribution in [3.8, 4) is 11.5 Å². The van der Waals surface area contributed by atoms with Crippen molar-refractivity contribution in [1.29, 1.82) is 0 Å². The fourth-order valence-corrected chi connectivity index (χ4v) is 0.943. The zero-order valence-corrected chi connectivity index (χ0v) is 7.05. The van der Waals surface area contributed by atoms with Gasteiger partial charge in [-0.3, -0.25) is 0 Å². The van der Waals surface area contributed by atoms with Gasteiger partial charge in [-0.15, -0.1) is 0 Å². The third-order valence-corrected chi connectivity index (χ3v) is 1.54. The van der Waals surface area contributed by atoms with Crippen LogP contribution in [0.25, 0.3) is 0 Å². The van der Waals surface area contributed by atoms with Gasteiger partial charge in [0.05, 0.1) is 14.2 Å². The van der Waals surface area contributed by atoms with Gasteiger partial charge in [0, 0.05) is 0 Å². The van der Waals surface area contributed by atoms with Crippen LogP contribution in [0.1, 0.15) is 0 Å². The number of methoxy groups -OCH3 is 2. The molecule has 0 fully saturated rings. The number of ether oxygens (including phenoxy) is 2. The van der Waals surface area contributed by atoms with E-state index in [2.05, 4.69) is 0 Å². The molecule has 0 saturated heterocycles. The molecule has 0 N–H and O–H groups in total. The number of benzene rings is 1. The van der Waals surface area contributed by atoms with Crippen molar-refractivity contribution in [3.63, 3.8) is 0 Å². The Morgan fingerprint density at radius 2 is 1.73 bits per heavy atom. The molecule has 58 valence electrons. The van der Waals surface area contributed by atoms with Gasteiger partial charge >= 0.3 is 0 Å². The van der Waals surface area contributed by atoms with Gasteiger partial charge in [-0.05, 0) is 12.1 Å². The maximum atomic E-state index is 5.09. The first kappa shape index (κ1) is 7.99. The number of rotatable bonds is 2. The summed E-state index contributed by atoms with van der Waals surface area (Å²) in [5, 5.41) is 0. The molecule has 2 nitrogen and oxygen atoms in total. The molecule has 0 spiro atoms. The van der Waals surface area contributed by atoms with Gasteiger partial charge in [0.25, 0.3) is 0 Å². The maximum absolute atomic E-state index is 5.09. The summed E-state index contributed by atoms with van der Waals surface area (Å²) in [6, 6.07) is 5.83. The van der Waals surface area contributed by atoms with Crippen LogP contribution in [-0.4, -0.2) is 22.1 Å². The van der Waals surface area contributed by atoms with E-state index in [9.17, 15) is 0 Å². The summed E-state index contributed by atoms with van der Waals surface area (Å²) in [6.07, 6.45) is 0. The largest absolute Gasteiger partial charge is 0.493 e. The highest BCUT2D eigenvalue weighted by molar-refractivity contribution is 6.32. The van der Waals surface area contributed by atoms with Gasteiger partial charge in [-0.25, -0.2) is 0 Å². The summed E-state index contributed by atoms with van der Waals surface area (Å²) < 4.78 is 10.2. The molecule has 0 atom stereocenters. The second-order valence-corrected chi connectivity index (χ2v) is 2.36. The van der Waals surface area contributed by atoms with Crippen molar-refractivity contribution in [3.05, 3.63) is 18.2 Å². The monoisotopic (exact) mass is 150 g/mol. The SMILES string of the molecule is Bc1ccc(OC)c(OC)c1. The molecule has 11 heavy (non-hydrogen) atoms. The molecule has 0 unspecified atom stereocenters. The molecule has 0 radical (unpaired) electrons. The highest BCUT2D eigenvalue weighted by Gasteiger charge is 2.00. The number of hydrogen-bond donors (Lipinski definition) is 0. The fourth-order valence-electron chi connectivity index (χ4n) is 0.943. The standard InChI is InChI=1S/C8H11BO2/c1-10-7-4-3-6(9)5-8(7)11-2/h3-5H,9H2,1-2H3. The minimum Gasteiger partial charge on any atom is -0.493 e. The Morgan fingerprint density at radius 3 is 2.27 bits per heavy atom. The molecule has 0 bridgehead atoms. The molecule has 3 heteroatoms. The van der Waals surface area contributed by atoms with Crippen molar-refractivity contribution in [1.82, 2.24) is 0 Å². The molecule has 0 heterocycles. The van der Waals surface area contributed by atoms with Gasteiger partial charge in [0.1, 0.15) is 7.85 Å². The van der Waals surface area contributed by atoms with Crippen LogP contribution < -0.4 is 14.9 Å². The van der Waals surface area contributed by atoms with E-state index in [4.69, 9.17) is 9.47 Å². The third kappa shape index (κ3) is 1.67. The van der Waals surface area contributed by atoms with Crippen molar-refractivity contribution >= 4 is 13.3 Å². The van der Waals surface area contributed by atoms with Gasteiger partial charge in [0.15, 0.2) is 11.5 Å². The zero-order chi connectivity index (χ0) is 8.27. The summed E-state index contributed by atoms with van der Waals surface area (Å²) in [5.41, 5.74) is 1.17. The first-order valence-electron chi connectivity index (χ1n) is 3.46. The van der Waals surface area contributed by atoms with Crippen molar-refractivity contribution in [2.45, 2.75) is 0 Å². The van der Waals surface area contributed by atoms with E-state index in [1.165, 1.54) is 5.46 Å². The second kappa shape index (κ2) is 3.33. The van der Waals surface area contributed by atoms with Crippen LogP contribution >= 0.6 is 0 Å². The lowest BCUT2D eigenvalue weighted by Crippen LogP contribution is -2.02. The smallest absolute Gasteiger partial charge is 0.160 e. The Labute approximate surface area is 67.5 Å². The van der Waals surface area contributed by atoms with Crippen LogP contribution in [0.3, 0.4) is 0 Å². The molecular weight excluding hydrogens is 139 g/mol. The average molecular weight is 150 g/mol. The van der Waals surface area contributed by atoms with Crippen molar-refractivity contribution < 1.29 is 9.47 Å². The lowest BCUT2D eigenvalue weighted by molar-refractivity contribution is 0.355. The Balaban J connectivity index is 3.06. The highest BCUT2D eigenvalue weighted by Crippen LogP contribution is 2.23. The lowest BCUT2D eigenvalue weighted by Gasteiger charge is -2.06. The quantitative estimate of drug-likeness (QED) is 0.550. The predicted octanol–water partition coefficient (Wildman–Crippen LogP) is -0.0378. The normalized spacial score (nSPS) is 9.27. The minimum atomic E-state index is 0.776. The summed E-state index contributed by atoms with van der Waals surface area (Å²) in [4.78, 5) is 0. The molecule has 0 amide bonds. The Morgan fingerprint density at radius 1 is 1.09 bits per heavy atom. The molecular formula is C8H11BO2. The third-order valence-electron chi connectivity index (χ3n) is 1.54. The summed E-state index contributed by atoms with van der Waals surface area (Å²) in [7, 11) is 5.28. The summed E-state index contributed by atoms with van der Waals surface area (Å²) in [6.45, 7) is 0. The van der Waals surface area contributed by atoms with Crippen LogP contribution in [0.5, 0.6) is 11.5 Å². The Kier molecular flexibility index (Phi) is 2.42. The Hall–Kier alpha value is -1.12. The van der Waals surface area contributed by atoms with Crippen molar-refractivity contribution in [2.24, 2.45) is 0 Å². The molecule has 1 aromatic carbocycles. The number of hydrogen-bond acceptors (Lipinski definition) is 2. The average Bonchev–Trinajstić information content (AvgIpc) is 2.04. The second-order valence-electron chi connectivity index (χ2n) is 2.36. The lowest BCUT2D eigenvalue weighted by atomic mass is 9.96. The molecule has 1 aromatic rings. The van der Waals surface area contributed by atoms with E-state index in [-0.39, 0.29) is 0 Å². The molecule has 0 aromatic heterocycles. The van der Waals surface area contributed by atoms with E-state index in [0.717, 1.165) is 11.5 Å². The van der Waals surface area contributed by atoms with Crippen LogP contribution in [0.4, 0.5) is 0 Å². The van der Waals surface area contributed by atoms with Crippen molar-refractivity contribution in [2.75, 3.05) is 14.2 Å². The van der Waals surface area contributed by atoms with Gasteiger partial charge in [0.2, 0.25) is 0 Å². The van der Waals surface area contributed by atoms with E-state index in [1.807, 2.05) is 26.0 Å². The van der Waals surface area contributed by atoms with Crippen LogP contribution in [-0.2, 0) is 0 Å². The molecule has 0 aliphatic carbocycles. The van der Waals surface area contributed by atoms with E-state index >= 15 is 0 Å². The topological polar surface area (TPSA) is 18.5 Å². The van der Waals surface area contributed by atoms with E-state index in [1.54, 1.807) is 14.2 Å². The minimum absolute atomic E-state index is 0.776. The van der Waals surface area contributed by atoms with Crippen LogP contribution in [0.15, 0.2) is 18.2 Å². The molecule has 0 saturated carbocycles. The van der Waals surface area contributed by atoms with Crippen LogP contribution in [0.2, 0.25) is 0 Å². The Bertz CT molecular complexity index is 248. The molecule has 0 aliphatic heterocycles.